The maximum Gasteiger partial charge on any atom is 0.337 e. The molecule has 2 aromatic rings. The highest BCUT2D eigenvalue weighted by molar-refractivity contribution is 5.90. The van der Waals surface area contributed by atoms with Crippen LogP contribution in [0.3, 0.4) is 0 Å². The van der Waals surface area contributed by atoms with Crippen LogP contribution in [-0.2, 0) is 0 Å². The van der Waals surface area contributed by atoms with Gasteiger partial charge in [-0.2, -0.15) is 0 Å². The fourth-order valence-electron chi connectivity index (χ4n) is 2.50. The van der Waals surface area contributed by atoms with Crippen LogP contribution in [0, 0.1) is 0 Å². The molecule has 1 fully saturated rings. The standard InChI is InChI=1S/C13H14N4O2/c18-13(19)9-6-10-12(14-7-9)17-16-11(15-10)8-4-2-1-3-5-8/h6-8H,1-5H2,(H,18,19). The molecule has 1 saturated carbocycles. The first-order valence-corrected chi connectivity index (χ1v) is 6.48. The normalized spacial score (nSPS) is 16.6. The summed E-state index contributed by atoms with van der Waals surface area (Å²) in [5, 5.41) is 17.1. The Morgan fingerprint density at radius 2 is 2.00 bits per heavy atom. The largest absolute Gasteiger partial charge is 0.478 e. The number of hydrogen-bond acceptors (Lipinski definition) is 5. The first kappa shape index (κ1) is 12.0. The first-order valence-electron chi connectivity index (χ1n) is 6.48. The van der Waals surface area contributed by atoms with E-state index in [2.05, 4.69) is 20.2 Å². The zero-order valence-electron chi connectivity index (χ0n) is 10.4. The molecule has 19 heavy (non-hydrogen) atoms. The minimum absolute atomic E-state index is 0.127. The van der Waals surface area contributed by atoms with E-state index in [-0.39, 0.29) is 5.56 Å². The third kappa shape index (κ3) is 2.38. The molecule has 0 unspecified atom stereocenters. The second-order valence-corrected chi connectivity index (χ2v) is 4.88. The molecule has 0 radical (unpaired) electrons. The molecule has 6 nitrogen and oxygen atoms in total. The summed E-state index contributed by atoms with van der Waals surface area (Å²) in [7, 11) is 0. The number of pyridine rings is 1. The van der Waals surface area contributed by atoms with Gasteiger partial charge >= 0.3 is 5.97 Å². The molecule has 2 heterocycles. The Morgan fingerprint density at radius 1 is 1.21 bits per heavy atom. The van der Waals surface area contributed by atoms with Gasteiger partial charge in [-0.3, -0.25) is 0 Å². The molecule has 0 atom stereocenters. The number of carboxylic acid groups (broad SMARTS) is 1. The SMILES string of the molecule is O=C(O)c1cnc2nnc(C3CCCCC3)nc2c1. The first-order chi connectivity index (χ1) is 9.24. The fraction of sp³-hybridized carbons (Fsp3) is 0.462. The van der Waals surface area contributed by atoms with Crippen molar-refractivity contribution in [3.8, 4) is 0 Å². The molecule has 1 aliphatic carbocycles. The van der Waals surface area contributed by atoms with E-state index in [9.17, 15) is 4.79 Å². The molecule has 2 aromatic heterocycles. The minimum atomic E-state index is -1.01. The van der Waals surface area contributed by atoms with Gasteiger partial charge < -0.3 is 5.11 Å². The summed E-state index contributed by atoms with van der Waals surface area (Å²) < 4.78 is 0. The highest BCUT2D eigenvalue weighted by Crippen LogP contribution is 2.30. The fourth-order valence-corrected chi connectivity index (χ4v) is 2.50. The summed E-state index contributed by atoms with van der Waals surface area (Å²) in [5.41, 5.74) is 1.03. The van der Waals surface area contributed by atoms with Gasteiger partial charge in [-0.15, -0.1) is 10.2 Å². The molecule has 6 heteroatoms. The molecule has 0 bridgehead atoms. The van der Waals surface area contributed by atoms with E-state index in [1.165, 1.54) is 31.5 Å². The lowest BCUT2D eigenvalue weighted by atomic mass is 9.89. The molecule has 1 N–H and O–H groups in total. The zero-order valence-corrected chi connectivity index (χ0v) is 10.4. The van der Waals surface area contributed by atoms with Crippen molar-refractivity contribution in [2.75, 3.05) is 0 Å². The van der Waals surface area contributed by atoms with Gasteiger partial charge in [0.2, 0.25) is 5.65 Å². The average Bonchev–Trinajstić information content (AvgIpc) is 2.47. The highest BCUT2D eigenvalue weighted by Gasteiger charge is 2.19. The maximum atomic E-state index is 10.9. The van der Waals surface area contributed by atoms with Crippen LogP contribution in [0.15, 0.2) is 12.3 Å². The van der Waals surface area contributed by atoms with Gasteiger partial charge in [-0.1, -0.05) is 19.3 Å². The minimum Gasteiger partial charge on any atom is -0.478 e. The van der Waals surface area contributed by atoms with Gasteiger partial charge in [0.05, 0.1) is 5.56 Å². The predicted molar refractivity (Wildman–Crippen MR) is 67.9 cm³/mol. The molecule has 0 aliphatic heterocycles. The lowest BCUT2D eigenvalue weighted by Crippen LogP contribution is -2.10. The summed E-state index contributed by atoms with van der Waals surface area (Å²) in [6.45, 7) is 0. The van der Waals surface area contributed by atoms with Crippen LogP contribution in [0.25, 0.3) is 11.2 Å². The van der Waals surface area contributed by atoms with E-state index in [0.29, 0.717) is 17.1 Å². The van der Waals surface area contributed by atoms with E-state index in [0.717, 1.165) is 18.7 Å². The lowest BCUT2D eigenvalue weighted by Gasteiger charge is -2.19. The van der Waals surface area contributed by atoms with Crippen molar-refractivity contribution in [2.45, 2.75) is 38.0 Å². The quantitative estimate of drug-likeness (QED) is 0.887. The third-order valence-electron chi connectivity index (χ3n) is 3.55. The van der Waals surface area contributed by atoms with Crippen molar-refractivity contribution in [3.05, 3.63) is 23.7 Å². The maximum absolute atomic E-state index is 10.9. The van der Waals surface area contributed by atoms with Crippen LogP contribution < -0.4 is 0 Å². The van der Waals surface area contributed by atoms with Crippen molar-refractivity contribution in [2.24, 2.45) is 0 Å². The van der Waals surface area contributed by atoms with Crippen LogP contribution in [-0.4, -0.2) is 31.2 Å². The van der Waals surface area contributed by atoms with Gasteiger partial charge in [0.25, 0.3) is 0 Å². The van der Waals surface area contributed by atoms with Crippen LogP contribution in [0.2, 0.25) is 0 Å². The number of carboxylic acids is 1. The van der Waals surface area contributed by atoms with Crippen LogP contribution in [0.5, 0.6) is 0 Å². The second-order valence-electron chi connectivity index (χ2n) is 4.88. The zero-order chi connectivity index (χ0) is 13.2. The Morgan fingerprint density at radius 3 is 2.74 bits per heavy atom. The van der Waals surface area contributed by atoms with Crippen molar-refractivity contribution in [1.82, 2.24) is 20.2 Å². The van der Waals surface area contributed by atoms with Crippen LogP contribution in [0.1, 0.15) is 54.2 Å². The summed E-state index contributed by atoms with van der Waals surface area (Å²) >= 11 is 0. The van der Waals surface area contributed by atoms with Crippen molar-refractivity contribution >= 4 is 17.1 Å². The van der Waals surface area contributed by atoms with Crippen molar-refractivity contribution in [3.63, 3.8) is 0 Å². The summed E-state index contributed by atoms with van der Waals surface area (Å²) in [6.07, 6.45) is 7.10. The molecule has 0 amide bonds. The second kappa shape index (κ2) is 4.87. The Balaban J connectivity index is 2.00. The number of aromatic carboxylic acids is 1. The monoisotopic (exact) mass is 258 g/mol. The number of aromatic nitrogens is 4. The number of fused-ring (bicyclic) bond motifs is 1. The molecule has 0 aromatic carbocycles. The highest BCUT2D eigenvalue weighted by atomic mass is 16.4. The van der Waals surface area contributed by atoms with Crippen molar-refractivity contribution < 1.29 is 9.90 Å². The average molecular weight is 258 g/mol. The number of hydrogen-bond donors (Lipinski definition) is 1. The molecule has 3 rings (SSSR count). The third-order valence-corrected chi connectivity index (χ3v) is 3.55. The van der Waals surface area contributed by atoms with Crippen LogP contribution >= 0.6 is 0 Å². The van der Waals surface area contributed by atoms with Gasteiger partial charge in [-0.05, 0) is 18.9 Å². The Hall–Kier alpha value is -2.11. The molecule has 0 spiro atoms. The Bertz CT molecular complexity index is 623. The number of rotatable bonds is 2. The van der Waals surface area contributed by atoms with Crippen LogP contribution in [0.4, 0.5) is 0 Å². The van der Waals surface area contributed by atoms with E-state index < -0.39 is 5.97 Å². The lowest BCUT2D eigenvalue weighted by molar-refractivity contribution is 0.0696. The van der Waals surface area contributed by atoms with E-state index in [1.54, 1.807) is 0 Å². The number of nitrogens with zero attached hydrogens (tertiary/aromatic N) is 4. The van der Waals surface area contributed by atoms with Crippen molar-refractivity contribution in [1.29, 1.82) is 0 Å². The summed E-state index contributed by atoms with van der Waals surface area (Å²) in [4.78, 5) is 19.3. The van der Waals surface area contributed by atoms with Gasteiger partial charge in [-0.25, -0.2) is 14.8 Å². The topological polar surface area (TPSA) is 88.9 Å². The van der Waals surface area contributed by atoms with E-state index in [4.69, 9.17) is 5.11 Å². The van der Waals surface area contributed by atoms with Gasteiger partial charge in [0.1, 0.15) is 5.52 Å². The Labute approximate surface area is 109 Å². The van der Waals surface area contributed by atoms with Gasteiger partial charge in [0.15, 0.2) is 5.82 Å². The molecule has 98 valence electrons. The molecule has 0 saturated heterocycles. The van der Waals surface area contributed by atoms with Gasteiger partial charge in [0, 0.05) is 12.1 Å². The molecular formula is C13H14N4O2. The molecule has 1 aliphatic rings. The molecular weight excluding hydrogens is 244 g/mol. The predicted octanol–water partition coefficient (Wildman–Crippen LogP) is 2.17. The Kier molecular flexibility index (Phi) is 3.06. The summed E-state index contributed by atoms with van der Waals surface area (Å²) in [6, 6.07) is 1.51. The van der Waals surface area contributed by atoms with E-state index in [1.807, 2.05) is 0 Å². The number of carbonyl (C=O) groups is 1. The van der Waals surface area contributed by atoms with E-state index >= 15 is 0 Å². The summed E-state index contributed by atoms with van der Waals surface area (Å²) in [5.74, 6) is 0.0582. The smallest absolute Gasteiger partial charge is 0.337 e.